The molecule has 172 valence electrons. The Morgan fingerprint density at radius 3 is 2.40 bits per heavy atom. The highest BCUT2D eigenvalue weighted by Crippen LogP contribution is 2.54. The van der Waals surface area contributed by atoms with E-state index in [-0.39, 0.29) is 34.8 Å². The smallest absolute Gasteiger partial charge is 0.316 e. The Hall–Kier alpha value is -0.940. The van der Waals surface area contributed by atoms with E-state index in [1.165, 1.54) is 0 Å². The van der Waals surface area contributed by atoms with Crippen LogP contribution in [0.4, 0.5) is 0 Å². The van der Waals surface area contributed by atoms with Crippen LogP contribution in [0.5, 0.6) is 0 Å². The molecule has 0 N–H and O–H groups in total. The fourth-order valence-corrected chi connectivity index (χ4v) is 6.37. The van der Waals surface area contributed by atoms with Gasteiger partial charge in [-0.1, -0.05) is 27.7 Å². The lowest BCUT2D eigenvalue weighted by Gasteiger charge is -2.49. The minimum atomic E-state index is -0.583. The third-order valence-corrected chi connectivity index (χ3v) is 8.07. The molecule has 0 aromatic heterocycles. The topological polar surface area (TPSA) is 61.8 Å². The van der Waals surface area contributed by atoms with Gasteiger partial charge in [0.2, 0.25) is 0 Å². The molecule has 0 aromatic carbocycles. The molecular formula is C25H42O5. The first kappa shape index (κ1) is 23.7. The number of hydrogen-bond donors (Lipinski definition) is 0. The van der Waals surface area contributed by atoms with Crippen molar-refractivity contribution in [3.05, 3.63) is 0 Å². The van der Waals surface area contributed by atoms with Crippen LogP contribution in [-0.4, -0.2) is 36.4 Å². The second kappa shape index (κ2) is 8.54. The molecule has 0 spiro atoms. The Morgan fingerprint density at radius 1 is 1.10 bits per heavy atom. The molecule has 0 bridgehead atoms. The molecule has 5 heteroatoms. The Labute approximate surface area is 182 Å². The third kappa shape index (κ3) is 4.93. The summed E-state index contributed by atoms with van der Waals surface area (Å²) in [4.78, 5) is 24.7. The molecule has 6 atom stereocenters. The average molecular weight is 423 g/mol. The number of ether oxygens (including phenoxy) is 3. The molecule has 1 aliphatic heterocycles. The molecule has 3 rings (SSSR count). The van der Waals surface area contributed by atoms with E-state index in [0.29, 0.717) is 31.3 Å². The normalized spacial score (nSPS) is 41.0. The SMILES string of the molecule is CCOC(=O)C1C[C@](C)(CC[C@@]2(C)CC3OC(C)(C)OC3C[C@@H]2C(C)C)CCC1=O. The maximum absolute atomic E-state index is 12.4. The summed E-state index contributed by atoms with van der Waals surface area (Å²) in [5.41, 5.74) is 0.169. The summed E-state index contributed by atoms with van der Waals surface area (Å²) in [5.74, 6) is -0.205. The van der Waals surface area contributed by atoms with Gasteiger partial charge in [0.1, 0.15) is 11.7 Å². The van der Waals surface area contributed by atoms with Gasteiger partial charge in [0, 0.05) is 6.42 Å². The Bertz CT molecular complexity index is 656. The van der Waals surface area contributed by atoms with Crippen LogP contribution in [0.1, 0.15) is 93.4 Å². The summed E-state index contributed by atoms with van der Waals surface area (Å²) in [6.45, 7) is 15.5. The highest BCUT2D eigenvalue weighted by atomic mass is 16.7. The Balaban J connectivity index is 1.70. The van der Waals surface area contributed by atoms with Crippen LogP contribution >= 0.6 is 0 Å². The van der Waals surface area contributed by atoms with E-state index in [2.05, 4.69) is 27.7 Å². The number of carbonyl (C=O) groups is 2. The van der Waals surface area contributed by atoms with Crippen LogP contribution in [0.3, 0.4) is 0 Å². The van der Waals surface area contributed by atoms with Crippen LogP contribution in [0.15, 0.2) is 0 Å². The summed E-state index contributed by atoms with van der Waals surface area (Å²) in [6, 6.07) is 0. The van der Waals surface area contributed by atoms with Crippen molar-refractivity contribution < 1.29 is 23.8 Å². The quantitative estimate of drug-likeness (QED) is 0.429. The van der Waals surface area contributed by atoms with Crippen molar-refractivity contribution in [2.45, 2.75) is 111 Å². The molecule has 2 aliphatic carbocycles. The zero-order valence-electron chi connectivity index (χ0n) is 20.1. The molecule has 3 aliphatic rings. The van der Waals surface area contributed by atoms with Gasteiger partial charge in [-0.25, -0.2) is 0 Å². The summed E-state index contributed by atoms with van der Waals surface area (Å²) < 4.78 is 17.6. The first-order valence-corrected chi connectivity index (χ1v) is 11.9. The van der Waals surface area contributed by atoms with E-state index in [1.807, 2.05) is 13.8 Å². The van der Waals surface area contributed by atoms with Crippen molar-refractivity contribution in [3.8, 4) is 0 Å². The monoisotopic (exact) mass is 422 g/mol. The lowest BCUT2D eigenvalue weighted by atomic mass is 9.57. The molecular weight excluding hydrogens is 380 g/mol. The maximum Gasteiger partial charge on any atom is 0.316 e. The second-order valence-corrected chi connectivity index (χ2v) is 11.4. The molecule has 5 nitrogen and oxygen atoms in total. The van der Waals surface area contributed by atoms with Crippen molar-refractivity contribution in [1.82, 2.24) is 0 Å². The van der Waals surface area contributed by atoms with E-state index >= 15 is 0 Å². The molecule has 1 saturated heterocycles. The number of carbonyl (C=O) groups excluding carboxylic acids is 2. The van der Waals surface area contributed by atoms with Gasteiger partial charge in [-0.05, 0) is 82.0 Å². The van der Waals surface area contributed by atoms with Gasteiger partial charge in [-0.3, -0.25) is 9.59 Å². The van der Waals surface area contributed by atoms with Gasteiger partial charge in [0.15, 0.2) is 5.79 Å². The number of hydrogen-bond acceptors (Lipinski definition) is 5. The van der Waals surface area contributed by atoms with Gasteiger partial charge in [0.05, 0.1) is 18.8 Å². The third-order valence-electron chi connectivity index (χ3n) is 8.07. The van der Waals surface area contributed by atoms with E-state index < -0.39 is 11.7 Å². The lowest BCUT2D eigenvalue weighted by Crippen LogP contribution is -2.46. The minimum absolute atomic E-state index is 0.000962. The van der Waals surface area contributed by atoms with Gasteiger partial charge in [-0.2, -0.15) is 0 Å². The summed E-state index contributed by atoms with van der Waals surface area (Å²) in [5, 5.41) is 0. The molecule has 3 unspecified atom stereocenters. The molecule has 1 heterocycles. The van der Waals surface area contributed by atoms with Crippen molar-refractivity contribution >= 4 is 11.8 Å². The highest BCUT2D eigenvalue weighted by Gasteiger charge is 2.53. The molecule has 3 fully saturated rings. The second-order valence-electron chi connectivity index (χ2n) is 11.4. The van der Waals surface area contributed by atoms with Gasteiger partial charge in [-0.15, -0.1) is 0 Å². The largest absolute Gasteiger partial charge is 0.465 e. The summed E-state index contributed by atoms with van der Waals surface area (Å²) >= 11 is 0. The summed E-state index contributed by atoms with van der Waals surface area (Å²) in [7, 11) is 0. The maximum atomic E-state index is 12.4. The average Bonchev–Trinajstić information content (AvgIpc) is 2.94. The standard InChI is InChI=1S/C25H42O5/c1-8-28-22(27)17-14-24(6,10-9-19(17)26)11-12-25(7)15-21-20(13-18(25)16(2)3)29-23(4,5)30-21/h16-18,20-21H,8-15H2,1-7H3/t17?,18-,20?,21?,24+,25+/m1/s1. The van der Waals surface area contributed by atoms with Crippen LogP contribution in [-0.2, 0) is 23.8 Å². The molecule has 0 radical (unpaired) electrons. The fraction of sp³-hybridized carbons (Fsp3) is 0.920. The highest BCUT2D eigenvalue weighted by molar-refractivity contribution is 5.99. The molecule has 30 heavy (non-hydrogen) atoms. The summed E-state index contributed by atoms with van der Waals surface area (Å²) in [6.07, 6.45) is 6.49. The van der Waals surface area contributed by atoms with Crippen LogP contribution < -0.4 is 0 Å². The van der Waals surface area contributed by atoms with Crippen LogP contribution in [0.2, 0.25) is 0 Å². The number of fused-ring (bicyclic) bond motifs is 1. The predicted molar refractivity (Wildman–Crippen MR) is 116 cm³/mol. The molecule has 0 amide bonds. The minimum Gasteiger partial charge on any atom is -0.465 e. The van der Waals surface area contributed by atoms with E-state index in [1.54, 1.807) is 6.92 Å². The number of rotatable bonds is 6. The van der Waals surface area contributed by atoms with E-state index in [4.69, 9.17) is 14.2 Å². The lowest BCUT2D eigenvalue weighted by molar-refractivity contribution is -0.155. The van der Waals surface area contributed by atoms with Crippen LogP contribution in [0, 0.1) is 28.6 Å². The van der Waals surface area contributed by atoms with Crippen LogP contribution in [0.25, 0.3) is 0 Å². The number of Topliss-reactive ketones (excluding diaryl/α,β-unsaturated/α-hetero) is 1. The van der Waals surface area contributed by atoms with E-state index in [9.17, 15) is 9.59 Å². The number of ketones is 1. The van der Waals surface area contributed by atoms with Gasteiger partial charge >= 0.3 is 5.97 Å². The first-order chi connectivity index (χ1) is 13.9. The predicted octanol–water partition coefficient (Wildman–Crippen LogP) is 5.30. The van der Waals surface area contributed by atoms with Crippen molar-refractivity contribution in [2.75, 3.05) is 6.61 Å². The first-order valence-electron chi connectivity index (χ1n) is 11.9. The van der Waals surface area contributed by atoms with Gasteiger partial charge in [0.25, 0.3) is 0 Å². The fourth-order valence-electron chi connectivity index (χ4n) is 6.37. The zero-order valence-corrected chi connectivity index (χ0v) is 20.1. The zero-order chi connectivity index (χ0) is 22.3. The van der Waals surface area contributed by atoms with Gasteiger partial charge < -0.3 is 14.2 Å². The molecule has 0 aromatic rings. The van der Waals surface area contributed by atoms with Crippen molar-refractivity contribution in [3.63, 3.8) is 0 Å². The van der Waals surface area contributed by atoms with Crippen molar-refractivity contribution in [2.24, 2.45) is 28.6 Å². The van der Waals surface area contributed by atoms with Crippen molar-refractivity contribution in [1.29, 1.82) is 0 Å². The Morgan fingerprint density at radius 2 is 1.77 bits per heavy atom. The Kier molecular flexibility index (Phi) is 6.75. The molecule has 2 saturated carbocycles. The number of esters is 1. The van der Waals surface area contributed by atoms with E-state index in [0.717, 1.165) is 32.1 Å².